The predicted octanol–water partition coefficient (Wildman–Crippen LogP) is 0.781. The fourth-order valence-corrected chi connectivity index (χ4v) is 6.70. The van der Waals surface area contributed by atoms with Gasteiger partial charge in [0.1, 0.15) is 9.79 Å². The molecule has 0 amide bonds. The smallest absolute Gasteiger partial charge is 0.277 e. The van der Waals surface area contributed by atoms with Gasteiger partial charge in [0.15, 0.2) is 0 Å². The molecule has 12 nitrogen and oxygen atoms in total. The minimum atomic E-state index is -4.62. The second-order valence-corrected chi connectivity index (χ2v) is 12.3. The van der Waals surface area contributed by atoms with Gasteiger partial charge in [0.2, 0.25) is 0 Å². The Morgan fingerprint density at radius 3 is 1.10 bits per heavy atom. The van der Waals surface area contributed by atoms with Crippen molar-refractivity contribution in [3.05, 3.63) is 112 Å². The van der Waals surface area contributed by atoms with Crippen LogP contribution in [0.1, 0.15) is 22.3 Å². The maximum atomic E-state index is 13.0. The van der Waals surface area contributed by atoms with E-state index >= 15 is 0 Å². The van der Waals surface area contributed by atoms with E-state index in [1.165, 1.54) is 38.1 Å². The summed E-state index contributed by atoms with van der Waals surface area (Å²) in [6, 6.07) is 10.8. The largest absolute Gasteiger partial charge is 0.357 e. The highest BCUT2D eigenvalue weighted by atomic mass is 32.2. The second kappa shape index (κ2) is 8.99. The summed E-state index contributed by atoms with van der Waals surface area (Å²) in [5, 5.41) is -1.67. The quantitative estimate of drug-likeness (QED) is 0.278. The monoisotopic (exact) mass is 584 g/mol. The summed E-state index contributed by atoms with van der Waals surface area (Å²) in [6.07, 6.45) is 0. The van der Waals surface area contributed by atoms with Crippen molar-refractivity contribution in [2.75, 3.05) is 0 Å². The summed E-state index contributed by atoms with van der Waals surface area (Å²) in [5.41, 5.74) is -2.97. The Hall–Kier alpha value is -4.56. The molecular formula is C26H20N2O10S2. The molecule has 0 saturated carbocycles. The van der Waals surface area contributed by atoms with Gasteiger partial charge in [0, 0.05) is 0 Å². The van der Waals surface area contributed by atoms with E-state index in [1.807, 2.05) is 0 Å². The van der Waals surface area contributed by atoms with Gasteiger partial charge in [0.05, 0.1) is 21.5 Å². The minimum absolute atomic E-state index is 0.0329. The summed E-state index contributed by atoms with van der Waals surface area (Å²) in [7, 11) is -9.24. The summed E-state index contributed by atoms with van der Waals surface area (Å²) >= 11 is 0. The van der Waals surface area contributed by atoms with Crippen LogP contribution in [-0.2, 0) is 20.2 Å². The molecule has 0 aliphatic rings. The van der Waals surface area contributed by atoms with Crippen molar-refractivity contribution >= 4 is 41.8 Å². The Balaban J connectivity index is 1.64. The summed E-state index contributed by atoms with van der Waals surface area (Å²) in [4.78, 5) is 51.5. The zero-order valence-corrected chi connectivity index (χ0v) is 23.0. The molecule has 0 atom stereocenters. The number of fused-ring (bicyclic) bond motifs is 2. The average Bonchev–Trinajstić information content (AvgIpc) is 3.25. The van der Waals surface area contributed by atoms with Crippen molar-refractivity contribution in [2.24, 2.45) is 0 Å². The molecule has 0 aliphatic heterocycles. The van der Waals surface area contributed by atoms with Crippen molar-refractivity contribution in [3.63, 3.8) is 0 Å². The Kier molecular flexibility index (Phi) is 6.08. The van der Waals surface area contributed by atoms with Crippen LogP contribution >= 0.6 is 0 Å². The first kappa shape index (κ1) is 27.0. The van der Waals surface area contributed by atoms with Gasteiger partial charge in [-0.15, -0.1) is 0 Å². The van der Waals surface area contributed by atoms with Crippen LogP contribution in [0.5, 0.6) is 0 Å². The summed E-state index contributed by atoms with van der Waals surface area (Å²) in [6.45, 7) is 6.31. The third-order valence-corrected chi connectivity index (χ3v) is 9.04. The second-order valence-electron chi connectivity index (χ2n) is 9.35. The summed E-state index contributed by atoms with van der Waals surface area (Å²) < 4.78 is 61.4. The first-order valence-corrected chi connectivity index (χ1v) is 14.4. The molecule has 206 valence electrons. The van der Waals surface area contributed by atoms with Gasteiger partial charge < -0.3 is 0 Å². The van der Waals surface area contributed by atoms with E-state index < -0.39 is 64.0 Å². The van der Waals surface area contributed by atoms with E-state index in [2.05, 4.69) is 0 Å². The number of rotatable bonds is 6. The van der Waals surface area contributed by atoms with Crippen LogP contribution in [0, 0.1) is 27.7 Å². The maximum absolute atomic E-state index is 13.0. The van der Waals surface area contributed by atoms with Crippen LogP contribution in [0.15, 0.2) is 77.5 Å². The molecule has 3 aromatic carbocycles. The molecule has 0 aliphatic carbocycles. The fraction of sp³-hybridized carbons (Fsp3) is 0.154. The average molecular weight is 585 g/mol. The lowest BCUT2D eigenvalue weighted by atomic mass is 10.1. The zero-order chi connectivity index (χ0) is 29.3. The van der Waals surface area contributed by atoms with Crippen LogP contribution in [0.3, 0.4) is 0 Å². The number of benzene rings is 3. The molecule has 0 bridgehead atoms. The Bertz CT molecular complexity index is 2080. The number of hydrogen-bond donors (Lipinski definition) is 0. The minimum Gasteiger partial charge on any atom is -0.277 e. The van der Waals surface area contributed by atoms with Gasteiger partial charge >= 0.3 is 20.2 Å². The van der Waals surface area contributed by atoms with Crippen molar-refractivity contribution in [1.29, 1.82) is 0 Å². The van der Waals surface area contributed by atoms with E-state index in [9.17, 15) is 36.0 Å². The number of aromatic nitrogens is 2. The third kappa shape index (κ3) is 4.21. The Morgan fingerprint density at radius 2 is 0.800 bits per heavy atom. The van der Waals surface area contributed by atoms with Gasteiger partial charge in [-0.1, -0.05) is 33.7 Å². The molecule has 2 heterocycles. The maximum Gasteiger partial charge on any atom is 0.357 e. The standard InChI is InChI=1S/C26H20N2O10S2/c1-13-5-7-15(3)21(9-13)39(33,34)37-27-23(29)17-11-19-20(12-18(17)24(27)30)26(32)28(25(19)31)38-40(35,36)22-10-14(2)6-8-16(22)4/h5-12H,1-4H3. The number of aryl methyl sites for hydroxylation is 4. The van der Waals surface area contributed by atoms with Crippen LogP contribution in [0.4, 0.5) is 0 Å². The van der Waals surface area contributed by atoms with E-state index in [0.717, 1.165) is 12.1 Å². The van der Waals surface area contributed by atoms with Crippen molar-refractivity contribution in [2.45, 2.75) is 37.5 Å². The van der Waals surface area contributed by atoms with E-state index in [-0.39, 0.29) is 19.3 Å². The van der Waals surface area contributed by atoms with Gasteiger partial charge in [0.25, 0.3) is 22.2 Å². The first-order chi connectivity index (χ1) is 18.6. The van der Waals surface area contributed by atoms with Crippen LogP contribution in [0.2, 0.25) is 0 Å². The molecule has 5 rings (SSSR count). The molecule has 0 fully saturated rings. The highest BCUT2D eigenvalue weighted by Crippen LogP contribution is 2.20. The van der Waals surface area contributed by atoms with Crippen LogP contribution in [-0.4, -0.2) is 26.3 Å². The number of hydrogen-bond acceptors (Lipinski definition) is 10. The highest BCUT2D eigenvalue weighted by Gasteiger charge is 2.28. The Labute approximate surface area is 226 Å². The number of nitrogens with zero attached hydrogens (tertiary/aromatic N) is 2. The van der Waals surface area contributed by atoms with E-state index in [0.29, 0.717) is 22.3 Å². The lowest BCUT2D eigenvalue weighted by Crippen LogP contribution is -2.36. The van der Waals surface area contributed by atoms with Crippen molar-refractivity contribution in [1.82, 2.24) is 9.46 Å². The molecule has 0 N–H and O–H groups in total. The van der Waals surface area contributed by atoms with E-state index in [1.54, 1.807) is 26.0 Å². The molecule has 40 heavy (non-hydrogen) atoms. The van der Waals surface area contributed by atoms with E-state index in [4.69, 9.17) is 8.57 Å². The van der Waals surface area contributed by atoms with Gasteiger partial charge in [-0.2, -0.15) is 16.8 Å². The molecule has 14 heteroatoms. The molecule has 5 aromatic rings. The predicted molar refractivity (Wildman–Crippen MR) is 144 cm³/mol. The van der Waals surface area contributed by atoms with Crippen LogP contribution in [0.25, 0.3) is 21.5 Å². The third-order valence-electron chi connectivity index (χ3n) is 6.39. The lowest BCUT2D eigenvalue weighted by molar-refractivity contribution is 0.263. The molecule has 0 unspecified atom stereocenters. The molecular weight excluding hydrogens is 564 g/mol. The van der Waals surface area contributed by atoms with Crippen molar-refractivity contribution < 1.29 is 25.4 Å². The highest BCUT2D eigenvalue weighted by molar-refractivity contribution is 7.87. The SMILES string of the molecule is Cc1ccc(C)c(S(=O)(=O)On2c(=O)c3cc4c(=O)n(OS(=O)(=O)c5cc(C)ccc5C)c(=O)c4cc3c2=O)c1. The first-order valence-electron chi connectivity index (χ1n) is 11.6. The molecule has 0 spiro atoms. The molecule has 0 saturated heterocycles. The molecule has 0 radical (unpaired) electrons. The van der Waals surface area contributed by atoms with Gasteiger partial charge in [-0.25, -0.2) is 0 Å². The topological polar surface area (TPSA) is 165 Å². The van der Waals surface area contributed by atoms with Crippen LogP contribution < -0.4 is 30.8 Å². The van der Waals surface area contributed by atoms with Gasteiger partial charge in [-0.05, 0) is 74.2 Å². The molecule has 2 aromatic heterocycles. The fourth-order valence-electron chi connectivity index (χ4n) is 4.29. The van der Waals surface area contributed by atoms with Gasteiger partial charge in [-0.3, -0.25) is 27.7 Å². The van der Waals surface area contributed by atoms with Crippen molar-refractivity contribution in [3.8, 4) is 0 Å². The zero-order valence-electron chi connectivity index (χ0n) is 21.4. The normalized spacial score (nSPS) is 12.3. The summed E-state index contributed by atoms with van der Waals surface area (Å²) in [5.74, 6) is 0. The Morgan fingerprint density at radius 1 is 0.500 bits per heavy atom. The lowest BCUT2D eigenvalue weighted by Gasteiger charge is -2.08.